The van der Waals surface area contributed by atoms with Crippen molar-refractivity contribution in [2.45, 2.75) is 6.92 Å². The molecule has 32 heavy (non-hydrogen) atoms. The van der Waals surface area contributed by atoms with Crippen molar-refractivity contribution in [2.24, 2.45) is 0 Å². The first-order valence-electron chi connectivity index (χ1n) is 9.72. The zero-order valence-corrected chi connectivity index (χ0v) is 17.9. The molecule has 0 aliphatic carbocycles. The molecule has 0 bridgehead atoms. The number of aryl methyl sites for hydroxylation is 1. The number of carbonyl (C=O) groups is 1. The van der Waals surface area contributed by atoms with Crippen LogP contribution in [0, 0.1) is 18.3 Å². The first kappa shape index (κ1) is 22.5. The number of hydrogen-bond donors (Lipinski definition) is 1. The third-order valence-electron chi connectivity index (χ3n) is 4.57. The van der Waals surface area contributed by atoms with Crippen LogP contribution in [0.25, 0.3) is 11.7 Å². The van der Waals surface area contributed by atoms with Crippen LogP contribution in [0.4, 0.5) is 0 Å². The van der Waals surface area contributed by atoms with Gasteiger partial charge >= 0.3 is 0 Å². The van der Waals surface area contributed by atoms with E-state index in [0.29, 0.717) is 17.1 Å². The van der Waals surface area contributed by atoms with E-state index in [4.69, 9.17) is 14.2 Å². The van der Waals surface area contributed by atoms with Gasteiger partial charge in [0, 0.05) is 19.9 Å². The summed E-state index contributed by atoms with van der Waals surface area (Å²) in [6.07, 6.45) is 2.74. The van der Waals surface area contributed by atoms with Crippen LogP contribution < -0.4 is 20.3 Å². The van der Waals surface area contributed by atoms with Crippen molar-refractivity contribution < 1.29 is 19.0 Å². The van der Waals surface area contributed by atoms with E-state index in [-0.39, 0.29) is 30.2 Å². The van der Waals surface area contributed by atoms with Crippen molar-refractivity contribution in [3.63, 3.8) is 0 Å². The van der Waals surface area contributed by atoms with E-state index in [1.165, 1.54) is 24.7 Å². The standard InChI is InChI=1S/C23H22N4O5/c1-15-7-6-11-27-20(15)26-22(32-19-9-5-4-8-18(19)31-3)17(23(27)29)13-16(14-24)21(28)25-10-12-30-2/h4-9,11,13H,10,12H2,1-3H3,(H,25,28). The molecule has 2 aromatic heterocycles. The number of fused-ring (bicyclic) bond motifs is 1. The summed E-state index contributed by atoms with van der Waals surface area (Å²) in [5, 5.41) is 12.1. The fraction of sp³-hybridized carbons (Fsp3) is 0.217. The molecule has 0 spiro atoms. The monoisotopic (exact) mass is 434 g/mol. The number of rotatable bonds is 8. The molecular formula is C23H22N4O5. The molecule has 1 amide bonds. The first-order chi connectivity index (χ1) is 15.5. The van der Waals surface area contributed by atoms with E-state index in [1.54, 1.807) is 36.5 Å². The topological polar surface area (TPSA) is 115 Å². The summed E-state index contributed by atoms with van der Waals surface area (Å²) in [5.74, 6) is 0.0809. The summed E-state index contributed by atoms with van der Waals surface area (Å²) in [6.45, 7) is 2.31. The lowest BCUT2D eigenvalue weighted by molar-refractivity contribution is -0.117. The maximum atomic E-state index is 13.3. The highest BCUT2D eigenvalue weighted by atomic mass is 16.5. The van der Waals surface area contributed by atoms with Crippen LogP contribution in [-0.2, 0) is 9.53 Å². The van der Waals surface area contributed by atoms with Crippen molar-refractivity contribution in [1.82, 2.24) is 14.7 Å². The molecule has 0 saturated heterocycles. The minimum Gasteiger partial charge on any atom is -0.493 e. The smallest absolute Gasteiger partial charge is 0.269 e. The molecular weight excluding hydrogens is 412 g/mol. The Morgan fingerprint density at radius 1 is 1.22 bits per heavy atom. The van der Waals surface area contributed by atoms with Gasteiger partial charge in [-0.15, -0.1) is 0 Å². The van der Waals surface area contributed by atoms with Gasteiger partial charge in [0.1, 0.15) is 22.9 Å². The summed E-state index contributed by atoms with van der Waals surface area (Å²) < 4.78 is 17.5. The van der Waals surface area contributed by atoms with Gasteiger partial charge in [0.2, 0.25) is 5.88 Å². The molecule has 0 fully saturated rings. The summed E-state index contributed by atoms with van der Waals surface area (Å²) in [4.78, 5) is 30.2. The Kier molecular flexibility index (Phi) is 7.21. The second-order valence-corrected chi connectivity index (χ2v) is 6.69. The van der Waals surface area contributed by atoms with Gasteiger partial charge in [0.05, 0.1) is 13.7 Å². The second-order valence-electron chi connectivity index (χ2n) is 6.69. The number of nitrogens with one attached hydrogen (secondary N) is 1. The van der Waals surface area contributed by atoms with Crippen LogP contribution in [0.1, 0.15) is 11.1 Å². The average Bonchev–Trinajstić information content (AvgIpc) is 2.80. The quantitative estimate of drug-likeness (QED) is 0.329. The van der Waals surface area contributed by atoms with Gasteiger partial charge < -0.3 is 19.5 Å². The Morgan fingerprint density at radius 2 is 1.97 bits per heavy atom. The molecule has 0 aliphatic heterocycles. The number of nitrogens with zero attached hydrogens (tertiary/aromatic N) is 3. The second kappa shape index (κ2) is 10.2. The average molecular weight is 434 g/mol. The Morgan fingerprint density at radius 3 is 2.66 bits per heavy atom. The number of pyridine rings is 1. The molecule has 9 nitrogen and oxygen atoms in total. The van der Waals surface area contributed by atoms with E-state index in [1.807, 2.05) is 19.1 Å². The predicted molar refractivity (Wildman–Crippen MR) is 118 cm³/mol. The molecule has 1 aromatic carbocycles. The molecule has 0 saturated carbocycles. The number of aromatic nitrogens is 2. The molecule has 0 unspecified atom stereocenters. The maximum absolute atomic E-state index is 13.3. The highest BCUT2D eigenvalue weighted by Gasteiger charge is 2.19. The van der Waals surface area contributed by atoms with Crippen molar-refractivity contribution in [2.75, 3.05) is 27.4 Å². The van der Waals surface area contributed by atoms with E-state index < -0.39 is 11.5 Å². The van der Waals surface area contributed by atoms with Gasteiger partial charge in [-0.1, -0.05) is 18.2 Å². The highest BCUT2D eigenvalue weighted by Crippen LogP contribution is 2.32. The van der Waals surface area contributed by atoms with Crippen molar-refractivity contribution in [1.29, 1.82) is 5.26 Å². The molecule has 2 heterocycles. The van der Waals surface area contributed by atoms with Crippen LogP contribution in [0.3, 0.4) is 0 Å². The highest BCUT2D eigenvalue weighted by molar-refractivity contribution is 6.01. The van der Waals surface area contributed by atoms with Gasteiger partial charge in [-0.3, -0.25) is 14.0 Å². The summed E-state index contributed by atoms with van der Waals surface area (Å²) in [6, 6.07) is 12.2. The Balaban J connectivity index is 2.18. The fourth-order valence-corrected chi connectivity index (χ4v) is 2.96. The normalized spacial score (nSPS) is 11.1. The van der Waals surface area contributed by atoms with E-state index >= 15 is 0 Å². The van der Waals surface area contributed by atoms with Crippen LogP contribution in [0.15, 0.2) is 53.0 Å². The van der Waals surface area contributed by atoms with E-state index in [0.717, 1.165) is 5.56 Å². The third-order valence-corrected chi connectivity index (χ3v) is 4.57. The van der Waals surface area contributed by atoms with Crippen molar-refractivity contribution in [3.05, 3.63) is 69.6 Å². The minimum absolute atomic E-state index is 0.0440. The lowest BCUT2D eigenvalue weighted by Gasteiger charge is -2.13. The molecule has 1 N–H and O–H groups in total. The van der Waals surface area contributed by atoms with Gasteiger partial charge in [0.25, 0.3) is 11.5 Å². The lowest BCUT2D eigenvalue weighted by atomic mass is 10.1. The zero-order valence-electron chi connectivity index (χ0n) is 17.9. The Hall–Kier alpha value is -4.16. The number of nitriles is 1. The number of ether oxygens (including phenoxy) is 3. The molecule has 164 valence electrons. The number of amides is 1. The Bertz CT molecular complexity index is 1270. The van der Waals surface area contributed by atoms with Crippen LogP contribution >= 0.6 is 0 Å². The zero-order chi connectivity index (χ0) is 23.1. The minimum atomic E-state index is -0.637. The number of carbonyl (C=O) groups excluding carboxylic acids is 1. The molecule has 0 atom stereocenters. The van der Waals surface area contributed by atoms with Crippen LogP contribution in [0.2, 0.25) is 0 Å². The maximum Gasteiger partial charge on any atom is 0.269 e. The van der Waals surface area contributed by atoms with Gasteiger partial charge in [-0.05, 0) is 36.8 Å². The number of para-hydroxylation sites is 2. The SMILES string of the molecule is COCCNC(=O)C(C#N)=Cc1c(Oc2ccccc2OC)nc2c(C)cccn2c1=O. The number of methoxy groups -OCH3 is 2. The Labute approximate surface area is 184 Å². The first-order valence-corrected chi connectivity index (χ1v) is 9.72. The number of benzene rings is 1. The molecule has 9 heteroatoms. The van der Waals surface area contributed by atoms with Crippen molar-refractivity contribution in [3.8, 4) is 23.4 Å². The van der Waals surface area contributed by atoms with Crippen LogP contribution in [-0.4, -0.2) is 42.7 Å². The molecule has 0 aliphatic rings. The van der Waals surface area contributed by atoms with Gasteiger partial charge in [-0.2, -0.15) is 10.2 Å². The summed E-state index contributed by atoms with van der Waals surface area (Å²) in [7, 11) is 2.99. The predicted octanol–water partition coefficient (Wildman–Crippen LogP) is 2.47. The third kappa shape index (κ3) is 4.77. The molecule has 3 rings (SSSR count). The largest absolute Gasteiger partial charge is 0.493 e. The van der Waals surface area contributed by atoms with Gasteiger partial charge in [0.15, 0.2) is 11.5 Å². The molecule has 3 aromatic rings. The molecule has 0 radical (unpaired) electrons. The van der Waals surface area contributed by atoms with E-state index in [2.05, 4.69) is 10.3 Å². The van der Waals surface area contributed by atoms with Gasteiger partial charge in [-0.25, -0.2) is 0 Å². The summed E-state index contributed by atoms with van der Waals surface area (Å²) >= 11 is 0. The van der Waals surface area contributed by atoms with Crippen LogP contribution in [0.5, 0.6) is 17.4 Å². The summed E-state index contributed by atoms with van der Waals surface area (Å²) in [5.41, 5.74) is 0.349. The lowest BCUT2D eigenvalue weighted by Crippen LogP contribution is -2.28. The fourth-order valence-electron chi connectivity index (χ4n) is 2.96. The van der Waals surface area contributed by atoms with Crippen molar-refractivity contribution >= 4 is 17.6 Å². The number of hydrogen-bond acceptors (Lipinski definition) is 7. The van der Waals surface area contributed by atoms with E-state index in [9.17, 15) is 14.9 Å².